The molecule has 25 heavy (non-hydrogen) atoms. The Morgan fingerprint density at radius 2 is 2.32 bits per heavy atom. The molecule has 3 aromatic rings. The zero-order valence-electron chi connectivity index (χ0n) is 13.6. The molecule has 0 unspecified atom stereocenters. The lowest BCUT2D eigenvalue weighted by atomic mass is 10.0. The number of nitrogens with zero attached hydrogens (tertiary/aromatic N) is 4. The van der Waals surface area contributed by atoms with Crippen LogP contribution in [0.15, 0.2) is 44.9 Å². The summed E-state index contributed by atoms with van der Waals surface area (Å²) < 4.78 is 12.5. The highest BCUT2D eigenvalue weighted by molar-refractivity contribution is 7.99. The molecule has 0 aromatic carbocycles. The van der Waals surface area contributed by atoms with Gasteiger partial charge in [0.25, 0.3) is 0 Å². The van der Waals surface area contributed by atoms with Crippen LogP contribution in [-0.4, -0.2) is 38.1 Å². The van der Waals surface area contributed by atoms with E-state index in [1.165, 1.54) is 0 Å². The van der Waals surface area contributed by atoms with Crippen molar-refractivity contribution in [1.82, 2.24) is 25.2 Å². The van der Waals surface area contributed by atoms with Gasteiger partial charge in [-0.05, 0) is 25.0 Å². The lowest BCUT2D eigenvalue weighted by Gasteiger charge is -2.12. The SMILES string of the molecule is Cn1cnnc1SCCNC(=O)C1(c2cc(-c3ccco3)on2)CC1. The van der Waals surface area contributed by atoms with Crippen LogP contribution in [0.1, 0.15) is 18.5 Å². The zero-order chi connectivity index (χ0) is 17.3. The van der Waals surface area contributed by atoms with Crippen molar-refractivity contribution in [1.29, 1.82) is 0 Å². The van der Waals surface area contributed by atoms with Gasteiger partial charge < -0.3 is 18.8 Å². The summed E-state index contributed by atoms with van der Waals surface area (Å²) >= 11 is 1.55. The Morgan fingerprint density at radius 3 is 3.00 bits per heavy atom. The summed E-state index contributed by atoms with van der Waals surface area (Å²) in [6.45, 7) is 0.557. The molecule has 1 aliphatic rings. The van der Waals surface area contributed by atoms with Gasteiger partial charge in [0, 0.05) is 25.4 Å². The maximum atomic E-state index is 12.6. The van der Waals surface area contributed by atoms with Crippen LogP contribution in [0, 0.1) is 0 Å². The highest BCUT2D eigenvalue weighted by Crippen LogP contribution is 2.48. The number of hydrogen-bond donors (Lipinski definition) is 1. The van der Waals surface area contributed by atoms with Gasteiger partial charge in [-0.2, -0.15) is 0 Å². The minimum absolute atomic E-state index is 0.00893. The first-order valence-corrected chi connectivity index (χ1v) is 8.94. The third-order valence-corrected chi connectivity index (χ3v) is 5.27. The second-order valence-electron chi connectivity index (χ2n) is 5.96. The van der Waals surface area contributed by atoms with E-state index >= 15 is 0 Å². The molecule has 1 aliphatic carbocycles. The van der Waals surface area contributed by atoms with Crippen LogP contribution in [-0.2, 0) is 17.3 Å². The van der Waals surface area contributed by atoms with Gasteiger partial charge in [0.05, 0.1) is 17.4 Å². The van der Waals surface area contributed by atoms with Crippen molar-refractivity contribution in [3.63, 3.8) is 0 Å². The fourth-order valence-electron chi connectivity index (χ4n) is 2.64. The number of furan rings is 1. The van der Waals surface area contributed by atoms with Crippen molar-refractivity contribution in [2.24, 2.45) is 7.05 Å². The fourth-order valence-corrected chi connectivity index (χ4v) is 3.38. The summed E-state index contributed by atoms with van der Waals surface area (Å²) in [5, 5.41) is 15.7. The molecule has 4 rings (SSSR count). The molecule has 0 aliphatic heterocycles. The van der Waals surface area contributed by atoms with Crippen molar-refractivity contribution < 1.29 is 13.7 Å². The van der Waals surface area contributed by atoms with Gasteiger partial charge in [-0.3, -0.25) is 4.79 Å². The van der Waals surface area contributed by atoms with E-state index in [9.17, 15) is 4.79 Å². The first-order chi connectivity index (χ1) is 12.2. The quantitative estimate of drug-likeness (QED) is 0.509. The Kier molecular flexibility index (Phi) is 4.08. The molecule has 0 atom stereocenters. The summed E-state index contributed by atoms with van der Waals surface area (Å²) in [4.78, 5) is 12.6. The van der Waals surface area contributed by atoms with Crippen LogP contribution in [0.5, 0.6) is 0 Å². The number of carbonyl (C=O) groups excluding carboxylic acids is 1. The Hall–Kier alpha value is -2.55. The summed E-state index contributed by atoms with van der Waals surface area (Å²) in [6, 6.07) is 5.37. The van der Waals surface area contributed by atoms with Gasteiger partial charge in [-0.1, -0.05) is 16.9 Å². The minimum Gasteiger partial charge on any atom is -0.461 e. The lowest BCUT2D eigenvalue weighted by molar-refractivity contribution is -0.123. The number of aromatic nitrogens is 4. The van der Waals surface area contributed by atoms with E-state index in [-0.39, 0.29) is 5.91 Å². The molecule has 1 N–H and O–H groups in total. The number of rotatable bonds is 7. The maximum absolute atomic E-state index is 12.6. The molecule has 8 nitrogen and oxygen atoms in total. The number of hydrogen-bond acceptors (Lipinski definition) is 7. The molecule has 0 radical (unpaired) electrons. The normalized spacial score (nSPS) is 15.2. The van der Waals surface area contributed by atoms with E-state index in [2.05, 4.69) is 20.7 Å². The molecule has 1 amide bonds. The van der Waals surface area contributed by atoms with Gasteiger partial charge in [-0.15, -0.1) is 10.2 Å². The fraction of sp³-hybridized carbons (Fsp3) is 0.375. The molecular formula is C16H17N5O3S. The third kappa shape index (κ3) is 3.07. The zero-order valence-corrected chi connectivity index (χ0v) is 14.5. The largest absolute Gasteiger partial charge is 0.461 e. The molecule has 0 spiro atoms. The molecule has 130 valence electrons. The van der Waals surface area contributed by atoms with Gasteiger partial charge in [0.2, 0.25) is 11.7 Å². The van der Waals surface area contributed by atoms with Crippen molar-refractivity contribution in [3.8, 4) is 11.5 Å². The highest BCUT2D eigenvalue weighted by atomic mass is 32.2. The van der Waals surface area contributed by atoms with E-state index in [1.807, 2.05) is 11.6 Å². The van der Waals surface area contributed by atoms with Crippen LogP contribution in [0.2, 0.25) is 0 Å². The molecule has 3 aromatic heterocycles. The molecule has 1 saturated carbocycles. The Bertz CT molecular complexity index is 866. The summed E-state index contributed by atoms with van der Waals surface area (Å²) in [5.74, 6) is 1.86. The number of thioether (sulfide) groups is 1. The average molecular weight is 359 g/mol. The minimum atomic E-state index is -0.566. The monoisotopic (exact) mass is 359 g/mol. The van der Waals surface area contributed by atoms with Gasteiger partial charge >= 0.3 is 0 Å². The second-order valence-corrected chi connectivity index (χ2v) is 7.03. The Labute approximate surface area is 148 Å². The first-order valence-electron chi connectivity index (χ1n) is 7.95. The maximum Gasteiger partial charge on any atom is 0.232 e. The lowest BCUT2D eigenvalue weighted by Crippen LogP contribution is -2.36. The van der Waals surface area contributed by atoms with Crippen LogP contribution >= 0.6 is 11.8 Å². The molecule has 9 heteroatoms. The van der Waals surface area contributed by atoms with E-state index in [0.717, 1.165) is 23.8 Å². The van der Waals surface area contributed by atoms with E-state index < -0.39 is 5.41 Å². The van der Waals surface area contributed by atoms with Crippen LogP contribution in [0.3, 0.4) is 0 Å². The van der Waals surface area contributed by atoms with Crippen molar-refractivity contribution in [2.75, 3.05) is 12.3 Å². The highest BCUT2D eigenvalue weighted by Gasteiger charge is 2.53. The Balaban J connectivity index is 1.34. The summed E-state index contributed by atoms with van der Waals surface area (Å²) in [6.07, 6.45) is 4.78. The molecule has 0 bridgehead atoms. The number of carbonyl (C=O) groups is 1. The summed E-state index contributed by atoms with van der Waals surface area (Å²) in [7, 11) is 1.89. The predicted molar refractivity (Wildman–Crippen MR) is 89.9 cm³/mol. The van der Waals surface area contributed by atoms with E-state index in [1.54, 1.807) is 42.6 Å². The average Bonchev–Trinajstić information content (AvgIpc) is 3.03. The van der Waals surface area contributed by atoms with Gasteiger partial charge in [0.15, 0.2) is 10.9 Å². The van der Waals surface area contributed by atoms with Crippen molar-refractivity contribution in [2.45, 2.75) is 23.4 Å². The Morgan fingerprint density at radius 1 is 1.44 bits per heavy atom. The van der Waals surface area contributed by atoms with Crippen molar-refractivity contribution in [3.05, 3.63) is 36.5 Å². The first kappa shape index (κ1) is 15.9. The molecule has 1 fully saturated rings. The second kappa shape index (κ2) is 6.40. The van der Waals surface area contributed by atoms with Gasteiger partial charge in [-0.25, -0.2) is 0 Å². The smallest absolute Gasteiger partial charge is 0.232 e. The topological polar surface area (TPSA) is 99.0 Å². The van der Waals surface area contributed by atoms with E-state index in [0.29, 0.717) is 23.8 Å². The van der Waals surface area contributed by atoms with Gasteiger partial charge in [0.1, 0.15) is 6.33 Å². The standard InChI is InChI=1S/C16H17N5O3S/c1-21-10-18-19-15(21)25-8-6-17-14(22)16(4-5-16)13-9-12(24-20-13)11-3-2-7-23-11/h2-3,7,9-10H,4-6,8H2,1H3,(H,17,22). The van der Waals surface area contributed by atoms with E-state index in [4.69, 9.17) is 8.94 Å². The van der Waals surface area contributed by atoms with Crippen LogP contribution < -0.4 is 5.32 Å². The summed E-state index contributed by atoms with van der Waals surface area (Å²) in [5.41, 5.74) is 0.0985. The third-order valence-electron chi connectivity index (χ3n) is 4.24. The van der Waals surface area contributed by atoms with Crippen LogP contribution in [0.25, 0.3) is 11.5 Å². The van der Waals surface area contributed by atoms with Crippen molar-refractivity contribution >= 4 is 17.7 Å². The molecular weight excluding hydrogens is 342 g/mol. The number of amides is 1. The van der Waals surface area contributed by atoms with Crippen LogP contribution in [0.4, 0.5) is 0 Å². The number of aryl methyl sites for hydroxylation is 1. The molecule has 3 heterocycles. The molecule has 0 saturated heterocycles. The number of nitrogens with one attached hydrogen (secondary N) is 1. The predicted octanol–water partition coefficient (Wildman–Crippen LogP) is 2.00.